The van der Waals surface area contributed by atoms with Gasteiger partial charge in [0.15, 0.2) is 0 Å². The molecule has 0 aromatic heterocycles. The lowest BCUT2D eigenvalue weighted by Crippen LogP contribution is -2.56. The van der Waals surface area contributed by atoms with Gasteiger partial charge in [-0.1, -0.05) is 26.7 Å². The molecule has 0 spiro atoms. The van der Waals surface area contributed by atoms with Crippen LogP contribution < -0.4 is 5.32 Å². The Morgan fingerprint density at radius 1 is 1.60 bits per heavy atom. The molecule has 0 aromatic carbocycles. The van der Waals surface area contributed by atoms with Gasteiger partial charge in [-0.2, -0.15) is 0 Å². The van der Waals surface area contributed by atoms with Gasteiger partial charge < -0.3 is 5.32 Å². The highest BCUT2D eigenvalue weighted by molar-refractivity contribution is 5.85. The monoisotopic (exact) mass is 141 g/mol. The molecule has 0 aromatic rings. The SMILES string of the molecule is CCCC[C@@H]1NC(=O)[C@@H]1C. The summed E-state index contributed by atoms with van der Waals surface area (Å²) in [5.41, 5.74) is 0. The number of hydrogen-bond donors (Lipinski definition) is 1. The van der Waals surface area contributed by atoms with E-state index in [4.69, 9.17) is 0 Å². The van der Waals surface area contributed by atoms with Gasteiger partial charge in [0.05, 0.1) is 5.92 Å². The number of amides is 1. The van der Waals surface area contributed by atoms with Crippen LogP contribution in [0.3, 0.4) is 0 Å². The Labute approximate surface area is 62.0 Å². The fourth-order valence-corrected chi connectivity index (χ4v) is 1.27. The molecule has 1 heterocycles. The Balaban J connectivity index is 2.14. The van der Waals surface area contributed by atoms with E-state index in [0.29, 0.717) is 6.04 Å². The molecule has 1 aliphatic heterocycles. The second-order valence-electron chi connectivity index (χ2n) is 3.05. The van der Waals surface area contributed by atoms with Crippen molar-refractivity contribution in [2.24, 2.45) is 5.92 Å². The zero-order chi connectivity index (χ0) is 7.56. The highest BCUT2D eigenvalue weighted by Crippen LogP contribution is 2.18. The van der Waals surface area contributed by atoms with E-state index in [1.807, 2.05) is 6.92 Å². The number of rotatable bonds is 3. The molecule has 1 fully saturated rings. The molecule has 0 saturated carbocycles. The highest BCUT2D eigenvalue weighted by atomic mass is 16.2. The Kier molecular flexibility index (Phi) is 2.30. The maximum atomic E-state index is 10.7. The van der Waals surface area contributed by atoms with Crippen molar-refractivity contribution in [1.29, 1.82) is 0 Å². The van der Waals surface area contributed by atoms with Crippen LogP contribution >= 0.6 is 0 Å². The van der Waals surface area contributed by atoms with E-state index in [1.165, 1.54) is 12.8 Å². The molecule has 0 bridgehead atoms. The minimum absolute atomic E-state index is 0.223. The number of β-lactam (4-membered cyclic amide) rings is 1. The smallest absolute Gasteiger partial charge is 0.225 e. The van der Waals surface area contributed by atoms with Crippen LogP contribution in [-0.4, -0.2) is 11.9 Å². The van der Waals surface area contributed by atoms with Crippen molar-refractivity contribution in [3.8, 4) is 0 Å². The Bertz CT molecular complexity index is 133. The van der Waals surface area contributed by atoms with Gasteiger partial charge >= 0.3 is 0 Å². The molecular formula is C8H15NO. The van der Waals surface area contributed by atoms with Gasteiger partial charge in [0.25, 0.3) is 0 Å². The summed E-state index contributed by atoms with van der Waals surface area (Å²) in [6, 6.07) is 0.479. The Hall–Kier alpha value is -0.530. The maximum absolute atomic E-state index is 10.7. The van der Waals surface area contributed by atoms with E-state index in [0.717, 1.165) is 6.42 Å². The fraction of sp³-hybridized carbons (Fsp3) is 0.875. The first-order chi connectivity index (χ1) is 4.75. The third-order valence-corrected chi connectivity index (χ3v) is 2.21. The lowest BCUT2D eigenvalue weighted by molar-refractivity contribution is -0.134. The zero-order valence-corrected chi connectivity index (χ0v) is 6.68. The number of carbonyl (C=O) groups is 1. The zero-order valence-electron chi connectivity index (χ0n) is 6.68. The van der Waals surface area contributed by atoms with Gasteiger partial charge in [0.2, 0.25) is 5.91 Å². The molecule has 2 heteroatoms. The molecule has 0 radical (unpaired) electrons. The summed E-state index contributed by atoms with van der Waals surface area (Å²) < 4.78 is 0. The predicted octanol–water partition coefficient (Wildman–Crippen LogP) is 1.31. The molecule has 1 saturated heterocycles. The summed E-state index contributed by atoms with van der Waals surface area (Å²) in [7, 11) is 0. The summed E-state index contributed by atoms with van der Waals surface area (Å²) in [4.78, 5) is 10.7. The molecule has 1 amide bonds. The van der Waals surface area contributed by atoms with Gasteiger partial charge in [-0.15, -0.1) is 0 Å². The van der Waals surface area contributed by atoms with Crippen molar-refractivity contribution >= 4 is 5.91 Å². The maximum Gasteiger partial charge on any atom is 0.225 e. The highest BCUT2D eigenvalue weighted by Gasteiger charge is 2.33. The quantitative estimate of drug-likeness (QED) is 0.590. The molecule has 58 valence electrons. The van der Waals surface area contributed by atoms with Crippen LogP contribution in [0, 0.1) is 5.92 Å². The van der Waals surface area contributed by atoms with Crippen LogP contribution in [0.15, 0.2) is 0 Å². The molecule has 0 unspecified atom stereocenters. The van der Waals surface area contributed by atoms with Crippen molar-refractivity contribution in [2.75, 3.05) is 0 Å². The summed E-state index contributed by atoms with van der Waals surface area (Å²) in [5.74, 6) is 0.493. The number of hydrogen-bond acceptors (Lipinski definition) is 1. The van der Waals surface area contributed by atoms with Crippen LogP contribution in [0.4, 0.5) is 0 Å². The normalized spacial score (nSPS) is 31.2. The third-order valence-electron chi connectivity index (χ3n) is 2.21. The first-order valence-electron chi connectivity index (χ1n) is 4.06. The molecule has 2 atom stereocenters. The first kappa shape index (κ1) is 7.58. The Morgan fingerprint density at radius 3 is 2.70 bits per heavy atom. The van der Waals surface area contributed by atoms with Crippen molar-refractivity contribution in [1.82, 2.24) is 5.32 Å². The van der Waals surface area contributed by atoms with Crippen molar-refractivity contribution in [3.05, 3.63) is 0 Å². The van der Waals surface area contributed by atoms with Crippen LogP contribution in [0.5, 0.6) is 0 Å². The van der Waals surface area contributed by atoms with Crippen LogP contribution in [0.25, 0.3) is 0 Å². The number of unbranched alkanes of at least 4 members (excludes halogenated alkanes) is 1. The molecular weight excluding hydrogens is 126 g/mol. The molecule has 1 N–H and O–H groups in total. The van der Waals surface area contributed by atoms with Crippen molar-refractivity contribution in [3.63, 3.8) is 0 Å². The standard InChI is InChI=1S/C8H15NO/c1-3-4-5-7-6(2)8(10)9-7/h6-7H,3-5H2,1-2H3,(H,9,10)/t6-,7+/m1/s1. The summed E-state index contributed by atoms with van der Waals surface area (Å²) in [6.45, 7) is 4.17. The second-order valence-corrected chi connectivity index (χ2v) is 3.05. The minimum Gasteiger partial charge on any atom is -0.352 e. The molecule has 1 aliphatic rings. The summed E-state index contributed by atoms with van der Waals surface area (Å²) in [5, 5.41) is 2.89. The van der Waals surface area contributed by atoms with Gasteiger partial charge in [0.1, 0.15) is 0 Å². The van der Waals surface area contributed by atoms with Crippen LogP contribution in [0.2, 0.25) is 0 Å². The molecule has 0 aliphatic carbocycles. The minimum atomic E-state index is 0.223. The van der Waals surface area contributed by atoms with Crippen LogP contribution in [0.1, 0.15) is 33.1 Å². The molecule has 1 rings (SSSR count). The fourth-order valence-electron chi connectivity index (χ4n) is 1.27. The third kappa shape index (κ3) is 1.31. The summed E-state index contributed by atoms with van der Waals surface area (Å²) >= 11 is 0. The number of carbonyl (C=O) groups excluding carboxylic acids is 1. The average Bonchev–Trinajstić information content (AvgIpc) is 1.97. The van der Waals surface area contributed by atoms with Gasteiger partial charge in [0, 0.05) is 6.04 Å². The van der Waals surface area contributed by atoms with Crippen LogP contribution in [-0.2, 0) is 4.79 Å². The van der Waals surface area contributed by atoms with Crippen molar-refractivity contribution < 1.29 is 4.79 Å². The number of nitrogens with one attached hydrogen (secondary N) is 1. The Morgan fingerprint density at radius 2 is 2.30 bits per heavy atom. The van der Waals surface area contributed by atoms with Gasteiger partial charge in [-0.05, 0) is 6.42 Å². The molecule has 10 heavy (non-hydrogen) atoms. The van der Waals surface area contributed by atoms with Gasteiger partial charge in [-0.25, -0.2) is 0 Å². The largest absolute Gasteiger partial charge is 0.352 e. The molecule has 2 nitrogen and oxygen atoms in total. The second kappa shape index (κ2) is 3.04. The van der Waals surface area contributed by atoms with Gasteiger partial charge in [-0.3, -0.25) is 4.79 Å². The first-order valence-corrected chi connectivity index (χ1v) is 4.06. The van der Waals surface area contributed by atoms with Crippen molar-refractivity contribution in [2.45, 2.75) is 39.2 Å². The van der Waals surface area contributed by atoms with E-state index >= 15 is 0 Å². The average molecular weight is 141 g/mol. The van der Waals surface area contributed by atoms with E-state index < -0.39 is 0 Å². The topological polar surface area (TPSA) is 29.1 Å². The van der Waals surface area contributed by atoms with E-state index in [-0.39, 0.29) is 11.8 Å². The van der Waals surface area contributed by atoms with E-state index in [2.05, 4.69) is 12.2 Å². The van der Waals surface area contributed by atoms with E-state index in [9.17, 15) is 4.79 Å². The predicted molar refractivity (Wildman–Crippen MR) is 40.6 cm³/mol. The lowest BCUT2D eigenvalue weighted by Gasteiger charge is -2.34. The van der Waals surface area contributed by atoms with E-state index in [1.54, 1.807) is 0 Å². The summed E-state index contributed by atoms with van der Waals surface area (Å²) in [6.07, 6.45) is 3.61. The lowest BCUT2D eigenvalue weighted by atomic mass is 9.89.